The SMILES string of the molecule is C=C/C=C(\C=C)CNc1cc(C(=O)N2CCC[C@H]2CN2CCCC2)c2cc(-c3ccc4c(c3)CCO4)ccc2n1. The summed E-state index contributed by atoms with van der Waals surface area (Å²) in [5.74, 6) is 1.76. The van der Waals surface area contributed by atoms with Gasteiger partial charge in [-0.05, 0) is 91.4 Å². The second kappa shape index (κ2) is 11.7. The van der Waals surface area contributed by atoms with E-state index in [0.29, 0.717) is 17.9 Å². The molecule has 2 aromatic carbocycles. The molecule has 0 saturated carbocycles. The molecule has 1 amide bonds. The summed E-state index contributed by atoms with van der Waals surface area (Å²) in [5, 5.41) is 4.30. The van der Waals surface area contributed by atoms with Crippen LogP contribution in [-0.2, 0) is 6.42 Å². The van der Waals surface area contributed by atoms with Crippen LogP contribution < -0.4 is 10.1 Å². The number of likely N-dealkylation sites (tertiary alicyclic amines) is 2. The molecule has 0 unspecified atom stereocenters. The van der Waals surface area contributed by atoms with E-state index in [2.05, 4.69) is 58.6 Å². The zero-order valence-electron chi connectivity index (χ0n) is 23.2. The van der Waals surface area contributed by atoms with Gasteiger partial charge in [-0.1, -0.05) is 43.5 Å². The molecule has 1 aromatic heterocycles. The van der Waals surface area contributed by atoms with E-state index in [1.807, 2.05) is 24.3 Å². The molecule has 4 heterocycles. The van der Waals surface area contributed by atoms with Crippen molar-refractivity contribution < 1.29 is 9.53 Å². The number of aromatic nitrogens is 1. The first-order valence-corrected chi connectivity index (χ1v) is 14.5. The number of fused-ring (bicyclic) bond motifs is 2. The van der Waals surface area contributed by atoms with Crippen LogP contribution in [0.3, 0.4) is 0 Å². The van der Waals surface area contributed by atoms with Gasteiger partial charge in [-0.15, -0.1) is 0 Å². The van der Waals surface area contributed by atoms with Gasteiger partial charge in [-0.3, -0.25) is 4.79 Å². The Morgan fingerprint density at radius 1 is 1.05 bits per heavy atom. The maximum Gasteiger partial charge on any atom is 0.254 e. The predicted octanol–water partition coefficient (Wildman–Crippen LogP) is 6.25. The van der Waals surface area contributed by atoms with Crippen LogP contribution in [0.4, 0.5) is 5.82 Å². The van der Waals surface area contributed by atoms with Crippen molar-refractivity contribution in [2.45, 2.75) is 38.1 Å². The van der Waals surface area contributed by atoms with E-state index < -0.39 is 0 Å². The highest BCUT2D eigenvalue weighted by Gasteiger charge is 2.32. The van der Waals surface area contributed by atoms with Crippen molar-refractivity contribution in [2.75, 3.05) is 44.6 Å². The number of ether oxygens (including phenoxy) is 1. The Kier molecular flexibility index (Phi) is 7.69. The summed E-state index contributed by atoms with van der Waals surface area (Å²) >= 11 is 0. The lowest BCUT2D eigenvalue weighted by atomic mass is 9.98. The molecule has 206 valence electrons. The van der Waals surface area contributed by atoms with Gasteiger partial charge >= 0.3 is 0 Å². The number of carbonyl (C=O) groups is 1. The number of allylic oxidation sites excluding steroid dienone is 2. The Balaban J connectivity index is 1.37. The number of carbonyl (C=O) groups excluding carboxylic acids is 1. The average Bonchev–Trinajstić information content (AvgIpc) is 3.77. The van der Waals surface area contributed by atoms with E-state index >= 15 is 0 Å². The first-order chi connectivity index (χ1) is 19.6. The fourth-order valence-corrected chi connectivity index (χ4v) is 6.29. The monoisotopic (exact) mass is 534 g/mol. The van der Waals surface area contributed by atoms with E-state index in [4.69, 9.17) is 9.72 Å². The molecular weight excluding hydrogens is 496 g/mol. The standard InChI is InChI=1S/C34H38N4O2/c1-3-8-24(4-2)22-35-33-21-30(34(39)38-17-7-9-28(38)23-37-15-5-6-16-37)29-20-26(10-12-31(29)36-33)25-11-13-32-27(19-25)14-18-40-32/h3-4,8,10-13,19-21,28H,1-2,5-7,9,14-18,22-23H2,(H,35,36)/b24-8+/t28-/m0/s1. The first-order valence-electron chi connectivity index (χ1n) is 14.5. The number of hydrogen-bond donors (Lipinski definition) is 1. The van der Waals surface area contributed by atoms with Crippen LogP contribution in [0.1, 0.15) is 41.6 Å². The summed E-state index contributed by atoms with van der Waals surface area (Å²) in [5.41, 5.74) is 5.97. The Bertz CT molecular complexity index is 1470. The van der Waals surface area contributed by atoms with Crippen LogP contribution in [0, 0.1) is 0 Å². The fourth-order valence-electron chi connectivity index (χ4n) is 6.29. The van der Waals surface area contributed by atoms with Gasteiger partial charge in [0.1, 0.15) is 11.6 Å². The summed E-state index contributed by atoms with van der Waals surface area (Å²) in [7, 11) is 0. The molecule has 6 rings (SSSR count). The van der Waals surface area contributed by atoms with Gasteiger partial charge < -0.3 is 19.9 Å². The molecule has 0 bridgehead atoms. The van der Waals surface area contributed by atoms with Crippen molar-refractivity contribution in [3.63, 3.8) is 0 Å². The third-order valence-corrected chi connectivity index (χ3v) is 8.44. The van der Waals surface area contributed by atoms with Crippen molar-refractivity contribution in [3.8, 4) is 16.9 Å². The van der Waals surface area contributed by atoms with Crippen molar-refractivity contribution in [3.05, 3.63) is 90.6 Å². The molecule has 0 aliphatic carbocycles. The third kappa shape index (κ3) is 5.41. The van der Waals surface area contributed by atoms with Crippen molar-refractivity contribution in [1.29, 1.82) is 0 Å². The highest BCUT2D eigenvalue weighted by Crippen LogP contribution is 2.34. The van der Waals surface area contributed by atoms with Crippen LogP contribution in [0.15, 0.2) is 79.4 Å². The average molecular weight is 535 g/mol. The van der Waals surface area contributed by atoms with Gasteiger partial charge in [0.25, 0.3) is 5.91 Å². The van der Waals surface area contributed by atoms with Gasteiger partial charge in [0.2, 0.25) is 0 Å². The molecule has 6 nitrogen and oxygen atoms in total. The van der Waals surface area contributed by atoms with Gasteiger partial charge in [0.15, 0.2) is 0 Å². The third-order valence-electron chi connectivity index (χ3n) is 8.44. The Hall–Kier alpha value is -3.90. The predicted molar refractivity (Wildman–Crippen MR) is 163 cm³/mol. The number of hydrogen-bond acceptors (Lipinski definition) is 5. The second-order valence-electron chi connectivity index (χ2n) is 11.0. The van der Waals surface area contributed by atoms with E-state index in [9.17, 15) is 4.79 Å². The van der Waals surface area contributed by atoms with E-state index in [1.165, 1.54) is 18.4 Å². The van der Waals surface area contributed by atoms with E-state index in [1.54, 1.807) is 6.08 Å². The lowest BCUT2D eigenvalue weighted by molar-refractivity contribution is 0.0710. The van der Waals surface area contributed by atoms with Crippen molar-refractivity contribution in [1.82, 2.24) is 14.8 Å². The zero-order valence-corrected chi connectivity index (χ0v) is 23.2. The normalized spacial score (nSPS) is 19.1. The molecule has 3 aromatic rings. The number of pyridine rings is 1. The summed E-state index contributed by atoms with van der Waals surface area (Å²) in [4.78, 5) is 23.8. The number of nitrogens with one attached hydrogen (secondary N) is 1. The molecule has 40 heavy (non-hydrogen) atoms. The lowest BCUT2D eigenvalue weighted by Gasteiger charge is -2.29. The summed E-state index contributed by atoms with van der Waals surface area (Å²) in [6.07, 6.45) is 11.0. The van der Waals surface area contributed by atoms with Crippen LogP contribution >= 0.6 is 0 Å². The number of rotatable bonds is 9. The van der Waals surface area contributed by atoms with Crippen molar-refractivity contribution >= 4 is 22.6 Å². The van der Waals surface area contributed by atoms with Gasteiger partial charge in [0.05, 0.1) is 17.7 Å². The summed E-state index contributed by atoms with van der Waals surface area (Å²) in [6, 6.07) is 14.8. The van der Waals surface area contributed by atoms with E-state index in [0.717, 1.165) is 85.4 Å². The molecule has 2 fully saturated rings. The summed E-state index contributed by atoms with van der Waals surface area (Å²) < 4.78 is 5.71. The number of amides is 1. The molecular formula is C34H38N4O2. The maximum absolute atomic E-state index is 14.3. The molecule has 2 saturated heterocycles. The van der Waals surface area contributed by atoms with Crippen LogP contribution in [-0.4, -0.2) is 66.1 Å². The lowest BCUT2D eigenvalue weighted by Crippen LogP contribution is -2.42. The van der Waals surface area contributed by atoms with Crippen molar-refractivity contribution in [2.24, 2.45) is 0 Å². The van der Waals surface area contributed by atoms with Gasteiger partial charge in [0, 0.05) is 37.5 Å². The maximum atomic E-state index is 14.3. The molecule has 1 atom stereocenters. The highest BCUT2D eigenvalue weighted by molar-refractivity contribution is 6.08. The van der Waals surface area contributed by atoms with Gasteiger partial charge in [-0.2, -0.15) is 0 Å². The van der Waals surface area contributed by atoms with E-state index in [-0.39, 0.29) is 11.9 Å². The molecule has 3 aliphatic heterocycles. The van der Waals surface area contributed by atoms with Gasteiger partial charge in [-0.25, -0.2) is 4.98 Å². The number of benzene rings is 2. The smallest absolute Gasteiger partial charge is 0.254 e. The molecule has 3 aliphatic rings. The minimum atomic E-state index is 0.0993. The highest BCUT2D eigenvalue weighted by atomic mass is 16.5. The van der Waals surface area contributed by atoms with Crippen LogP contribution in [0.25, 0.3) is 22.0 Å². The Morgan fingerprint density at radius 3 is 2.70 bits per heavy atom. The summed E-state index contributed by atoms with van der Waals surface area (Å²) in [6.45, 7) is 13.0. The topological polar surface area (TPSA) is 57.7 Å². The fraction of sp³-hybridized carbons (Fsp3) is 0.353. The Morgan fingerprint density at radius 2 is 1.88 bits per heavy atom. The van der Waals surface area contributed by atoms with Crippen LogP contribution in [0.2, 0.25) is 0 Å². The zero-order chi connectivity index (χ0) is 27.5. The van der Waals surface area contributed by atoms with Crippen LogP contribution in [0.5, 0.6) is 5.75 Å². The largest absolute Gasteiger partial charge is 0.493 e. The minimum absolute atomic E-state index is 0.0993. The molecule has 0 radical (unpaired) electrons. The minimum Gasteiger partial charge on any atom is -0.493 e. The number of nitrogens with zero attached hydrogens (tertiary/aromatic N) is 3. The quantitative estimate of drug-likeness (QED) is 0.329. The Labute approximate surface area is 237 Å². The second-order valence-corrected chi connectivity index (χ2v) is 11.0. The molecule has 1 N–H and O–H groups in total. The number of anilines is 1. The molecule has 6 heteroatoms. The first kappa shape index (κ1) is 26.3. The molecule has 0 spiro atoms.